The van der Waals surface area contributed by atoms with Crippen molar-refractivity contribution in [3.63, 3.8) is 0 Å². The van der Waals surface area contributed by atoms with Crippen molar-refractivity contribution in [1.29, 1.82) is 0 Å². The van der Waals surface area contributed by atoms with Gasteiger partial charge in [-0.3, -0.25) is 11.1 Å². The number of phenols is 2. The fourth-order valence-corrected chi connectivity index (χ4v) is 1.93. The van der Waals surface area contributed by atoms with Gasteiger partial charge >= 0.3 is 0 Å². The number of aromatic hydroxyl groups is 2. The molecule has 3 radical (unpaired) electrons. The molecule has 2 aromatic rings. The number of rotatable bonds is 8. The molecule has 0 amide bonds. The Morgan fingerprint density at radius 1 is 0.608 bits per heavy atom. The minimum Gasteiger partial charge on any atom is -0.526 e. The van der Waals surface area contributed by atoms with Crippen LogP contribution in [0.1, 0.15) is 45.2 Å². The molecule has 0 bridgehead atoms. The molecule has 305 valence electrons. The summed E-state index contributed by atoms with van der Waals surface area (Å²) in [6.07, 6.45) is 0.784. The summed E-state index contributed by atoms with van der Waals surface area (Å²) in [6.45, 7) is 9.01. The molecule has 2 atom stereocenters. The van der Waals surface area contributed by atoms with Crippen LogP contribution in [0.3, 0.4) is 0 Å². The Morgan fingerprint density at radius 2 is 0.922 bits per heavy atom. The molecule has 19 heteroatoms. The summed E-state index contributed by atoms with van der Waals surface area (Å²) in [5.74, 6) is 0.302. The van der Waals surface area contributed by atoms with Gasteiger partial charge in [-0.1, -0.05) is 30.7 Å². The number of hydrogen-bond donors (Lipinski definition) is 15. The van der Waals surface area contributed by atoms with E-state index in [9.17, 15) is 10.2 Å². The zero-order chi connectivity index (χ0) is 39.1. The van der Waals surface area contributed by atoms with E-state index >= 15 is 0 Å². The molecule has 0 aromatic heterocycles. The predicted molar refractivity (Wildman–Crippen MR) is 182 cm³/mol. The van der Waals surface area contributed by atoms with Crippen LogP contribution in [0.2, 0.25) is 0 Å². The van der Waals surface area contributed by atoms with Gasteiger partial charge in [-0.25, -0.2) is 6.08 Å². The van der Waals surface area contributed by atoms with Gasteiger partial charge in [0.15, 0.2) is 0 Å². The van der Waals surface area contributed by atoms with E-state index in [1.54, 1.807) is 54.8 Å². The van der Waals surface area contributed by atoms with Gasteiger partial charge in [-0.2, -0.15) is 0 Å². The van der Waals surface area contributed by atoms with Crippen LogP contribution in [0.5, 0.6) is 11.5 Å². The fourth-order valence-electron chi connectivity index (χ4n) is 1.93. The Hall–Kier alpha value is -1.51. The van der Waals surface area contributed by atoms with Crippen molar-refractivity contribution in [2.24, 2.45) is 10.9 Å². The van der Waals surface area contributed by atoms with Crippen LogP contribution in [0.15, 0.2) is 53.5 Å². The second-order valence-electron chi connectivity index (χ2n) is 8.58. The number of aliphatic hydroxyl groups excluding tert-OH is 9. The Balaban J connectivity index is -0.0000000632. The molecule has 0 aliphatic heterocycles. The summed E-state index contributed by atoms with van der Waals surface area (Å²) >= 11 is 0. The van der Waals surface area contributed by atoms with Crippen LogP contribution in [0, 0.1) is 18.9 Å². The molecule has 0 fully saturated rings. The van der Waals surface area contributed by atoms with E-state index in [1.165, 1.54) is 27.7 Å². The van der Waals surface area contributed by atoms with Gasteiger partial charge in [-0.05, 0) is 45.9 Å². The largest absolute Gasteiger partial charge is 0.526 e. The molecule has 15 N–H and O–H groups in total. The monoisotopic (exact) mass is 862 g/mol. The number of aliphatic hydroxyl groups is 13. The second kappa shape index (κ2) is 55.2. The summed E-state index contributed by atoms with van der Waals surface area (Å²) in [7, 11) is 2.00. The second-order valence-corrected chi connectivity index (χ2v) is 8.58. The topological polar surface area (TPSA) is 316 Å². The molecule has 0 saturated carbocycles. The summed E-state index contributed by atoms with van der Waals surface area (Å²) in [5, 5.41) is 120. The van der Waals surface area contributed by atoms with Crippen LogP contribution >= 0.6 is 0 Å². The van der Waals surface area contributed by atoms with E-state index in [1.807, 2.05) is 6.07 Å². The summed E-state index contributed by atoms with van der Waals surface area (Å²) < 4.78 is 0. The zero-order valence-corrected chi connectivity index (χ0v) is 33.1. The molecule has 0 heterocycles. The normalized spacial score (nSPS) is 10.4. The standard InChI is InChI=1S/C11H14NO2.C11H13O3.4C2H6O2.2CH4O.3Mn/c1-9(8-13)6-12-7-10-4-2-3-5-11(10)14;12-8-10(13)6-3-5-9-4-1-2-7-11(9)14;4*1-2(3)4;2*1-2;;;/h2-5,7,9,13-14H,1,6,8H2;1-2,4-5,7,10,12-14H,6,8H2;4*2-4H,1H3;2*2H,1H3;;;/q2*-1;;;;;;;;;/t9-;;;;;;;;;;/m1........../s1. The first-order valence-electron chi connectivity index (χ1n) is 14.1. The molecule has 1 unspecified atom stereocenters. The smallest absolute Gasteiger partial charge is 0.148 e. The van der Waals surface area contributed by atoms with E-state index in [0.717, 1.165) is 14.2 Å². The first-order chi connectivity index (χ1) is 22.4. The van der Waals surface area contributed by atoms with Crippen molar-refractivity contribution in [1.82, 2.24) is 0 Å². The number of phenolic OH excluding ortho intramolecular Hbond substituents is 2. The van der Waals surface area contributed by atoms with Gasteiger partial charge in [0.25, 0.3) is 0 Å². The van der Waals surface area contributed by atoms with Gasteiger partial charge in [0.05, 0.1) is 12.7 Å². The Kier molecular flexibility index (Phi) is 76.9. The van der Waals surface area contributed by atoms with Gasteiger partial charge < -0.3 is 83.5 Å². The van der Waals surface area contributed by atoms with Crippen LogP contribution in [-0.4, -0.2) is 148 Å². The predicted octanol–water partition coefficient (Wildman–Crippen LogP) is -1.32. The van der Waals surface area contributed by atoms with Crippen molar-refractivity contribution >= 4 is 12.3 Å². The van der Waals surface area contributed by atoms with Crippen LogP contribution in [-0.2, 0) is 51.2 Å². The Morgan fingerprint density at radius 3 is 1.22 bits per heavy atom. The first kappa shape index (κ1) is 71.0. The van der Waals surface area contributed by atoms with Crippen molar-refractivity contribution < 1.29 is 128 Å². The van der Waals surface area contributed by atoms with Crippen LogP contribution in [0.4, 0.5) is 0 Å². The quantitative estimate of drug-likeness (QED) is 0.0634. The molecular formula is C32H59Mn3NO15-2. The Labute approximate surface area is 333 Å². The van der Waals surface area contributed by atoms with E-state index in [2.05, 4.69) is 18.0 Å². The summed E-state index contributed by atoms with van der Waals surface area (Å²) in [5.41, 5.74) is 1.33. The number of para-hydroxylation sites is 2. The maximum absolute atomic E-state index is 9.38. The number of hydrogen-bond acceptors (Lipinski definition) is 16. The maximum atomic E-state index is 9.38. The minimum absolute atomic E-state index is 0. The minimum atomic E-state index is -1.17. The molecule has 51 heavy (non-hydrogen) atoms. The van der Waals surface area contributed by atoms with E-state index in [4.69, 9.17) is 66.4 Å². The summed E-state index contributed by atoms with van der Waals surface area (Å²) in [6, 6.07) is 13.8. The molecule has 2 rings (SSSR count). The number of benzene rings is 2. The van der Waals surface area contributed by atoms with Crippen molar-refractivity contribution in [2.75, 3.05) is 34.0 Å². The van der Waals surface area contributed by atoms with Gasteiger partial charge in [0.1, 0.15) is 30.9 Å². The third-order valence-corrected chi connectivity index (χ3v) is 3.55. The zero-order valence-electron chi connectivity index (χ0n) is 29.6. The molecule has 0 saturated heterocycles. The van der Waals surface area contributed by atoms with Crippen molar-refractivity contribution in [3.05, 3.63) is 72.7 Å². The fraction of sp³-hybridized carbons (Fsp3) is 0.500. The third-order valence-electron chi connectivity index (χ3n) is 3.55. The van der Waals surface area contributed by atoms with E-state index in [-0.39, 0.29) is 88.3 Å². The number of aliphatic imine (C=N–C) groups is 1. The van der Waals surface area contributed by atoms with Crippen molar-refractivity contribution in [3.8, 4) is 11.5 Å². The molecule has 0 aliphatic carbocycles. The average molecular weight is 863 g/mol. The SMILES string of the molecule is CC(O)O.CC(O)O.CC(O)O.CC(O)O.CO.CO.OCC(O)C[C-]=Cc1ccccc1O.[CH2-][C@@H](CO)CN=Cc1ccccc1O.[Mn].[Mn].[Mn]. The van der Waals surface area contributed by atoms with Gasteiger partial charge in [0, 0.05) is 96.1 Å². The van der Waals surface area contributed by atoms with Gasteiger partial charge in [0.2, 0.25) is 0 Å². The molecule has 0 spiro atoms. The van der Waals surface area contributed by atoms with Gasteiger partial charge in [-0.15, -0.1) is 17.5 Å². The molecule has 16 nitrogen and oxygen atoms in total. The Bertz CT molecular complexity index is 861. The average Bonchev–Trinajstić information content (AvgIpc) is 3.00. The van der Waals surface area contributed by atoms with E-state index in [0.29, 0.717) is 17.7 Å². The molecule has 0 aliphatic rings. The molecule has 2 aromatic carbocycles. The van der Waals surface area contributed by atoms with Crippen LogP contribution < -0.4 is 0 Å². The van der Waals surface area contributed by atoms with Crippen molar-refractivity contribution in [2.45, 2.75) is 65.4 Å². The third kappa shape index (κ3) is 78.7. The van der Waals surface area contributed by atoms with Crippen LogP contribution in [0.25, 0.3) is 6.08 Å². The maximum Gasteiger partial charge on any atom is 0.148 e. The number of nitrogens with zero attached hydrogens (tertiary/aromatic N) is 1. The molecular weight excluding hydrogens is 803 g/mol. The first-order valence-corrected chi connectivity index (χ1v) is 14.1. The van der Waals surface area contributed by atoms with E-state index < -0.39 is 31.3 Å². The summed E-state index contributed by atoms with van der Waals surface area (Å²) in [4.78, 5) is 4.07.